The average molecular weight is 578 g/mol. The standard InChI is InChI=1S/C28H30F3N3O3S2/c1-39(35,36)22-9-7-8-20(16-22)21-17-26(38-19-21)24(18-27(32)28(29,30)31)33-23-10-3-4-11-25(23)37-15-14-34-12-5-2-6-13-34/h3-4,7-11,16-17,19,32H,2,5-6,12-15,18H2,1H3. The minimum Gasteiger partial charge on any atom is -0.490 e. The predicted molar refractivity (Wildman–Crippen MR) is 150 cm³/mol. The van der Waals surface area contributed by atoms with E-state index in [2.05, 4.69) is 9.89 Å². The van der Waals surface area contributed by atoms with Gasteiger partial charge in [-0.2, -0.15) is 13.2 Å². The molecule has 0 radical (unpaired) electrons. The molecular formula is C28H30F3N3O3S2. The molecule has 4 rings (SSSR count). The lowest BCUT2D eigenvalue weighted by Crippen LogP contribution is -2.33. The highest BCUT2D eigenvalue weighted by Gasteiger charge is 2.35. The Morgan fingerprint density at radius 1 is 1.05 bits per heavy atom. The van der Waals surface area contributed by atoms with E-state index in [0.717, 1.165) is 38.7 Å². The zero-order valence-corrected chi connectivity index (χ0v) is 23.1. The second kappa shape index (κ2) is 12.4. The summed E-state index contributed by atoms with van der Waals surface area (Å²) in [6, 6.07) is 15.0. The maximum absolute atomic E-state index is 13.4. The van der Waals surface area contributed by atoms with E-state index in [-0.39, 0.29) is 10.6 Å². The van der Waals surface area contributed by atoms with E-state index in [0.29, 0.717) is 34.0 Å². The molecule has 11 heteroatoms. The molecule has 2 heterocycles. The van der Waals surface area contributed by atoms with Crippen LogP contribution >= 0.6 is 11.3 Å². The fourth-order valence-electron chi connectivity index (χ4n) is 4.28. The van der Waals surface area contributed by atoms with Crippen molar-refractivity contribution < 1.29 is 26.3 Å². The molecule has 3 aromatic rings. The molecular weight excluding hydrogens is 547 g/mol. The SMILES string of the molecule is CS(=O)(=O)c1cccc(-c2csc(C(CC(=N)C(F)(F)F)=Nc3ccccc3OCCN3CCCCC3)c2)c1. The lowest BCUT2D eigenvalue weighted by atomic mass is 10.1. The van der Waals surface area contributed by atoms with E-state index in [1.54, 1.807) is 47.8 Å². The Labute approximate surface area is 230 Å². The topological polar surface area (TPSA) is 82.8 Å². The Balaban J connectivity index is 1.63. The smallest absolute Gasteiger partial charge is 0.429 e. The van der Waals surface area contributed by atoms with E-state index < -0.39 is 28.1 Å². The van der Waals surface area contributed by atoms with Crippen LogP contribution in [0, 0.1) is 5.41 Å². The van der Waals surface area contributed by atoms with Crippen LogP contribution in [0.3, 0.4) is 0 Å². The highest BCUT2D eigenvalue weighted by atomic mass is 32.2. The van der Waals surface area contributed by atoms with E-state index in [1.807, 2.05) is 0 Å². The molecule has 0 aliphatic carbocycles. The number of rotatable bonds is 10. The Morgan fingerprint density at radius 2 is 1.79 bits per heavy atom. The third-order valence-corrected chi connectivity index (χ3v) is 8.49. The predicted octanol–water partition coefficient (Wildman–Crippen LogP) is 6.78. The molecule has 0 unspecified atom stereocenters. The molecule has 0 atom stereocenters. The monoisotopic (exact) mass is 577 g/mol. The molecule has 0 amide bonds. The Kier molecular flexibility index (Phi) is 9.24. The summed E-state index contributed by atoms with van der Waals surface area (Å²) in [4.78, 5) is 7.49. The van der Waals surface area contributed by atoms with Crippen LogP contribution in [0.1, 0.15) is 30.6 Å². The largest absolute Gasteiger partial charge is 0.490 e. The van der Waals surface area contributed by atoms with Crippen molar-refractivity contribution in [1.82, 2.24) is 4.90 Å². The van der Waals surface area contributed by atoms with Gasteiger partial charge in [-0.15, -0.1) is 11.3 Å². The number of thiophene rings is 1. The van der Waals surface area contributed by atoms with Gasteiger partial charge in [-0.25, -0.2) is 13.4 Å². The van der Waals surface area contributed by atoms with Crippen molar-refractivity contribution in [2.45, 2.75) is 36.8 Å². The van der Waals surface area contributed by atoms with Gasteiger partial charge in [-0.05, 0) is 72.8 Å². The van der Waals surface area contributed by atoms with Gasteiger partial charge in [-0.1, -0.05) is 30.7 Å². The van der Waals surface area contributed by atoms with E-state index >= 15 is 0 Å². The Morgan fingerprint density at radius 3 is 2.51 bits per heavy atom. The summed E-state index contributed by atoms with van der Waals surface area (Å²) in [6.07, 6.45) is -0.819. The van der Waals surface area contributed by atoms with Gasteiger partial charge in [0.25, 0.3) is 0 Å². The number of para-hydroxylation sites is 2. The van der Waals surface area contributed by atoms with Crippen molar-refractivity contribution in [3.05, 3.63) is 64.9 Å². The fourth-order valence-corrected chi connectivity index (χ4v) is 5.85. The molecule has 1 N–H and O–H groups in total. The maximum atomic E-state index is 13.4. The third-order valence-electron chi connectivity index (χ3n) is 6.40. The average Bonchev–Trinajstić information content (AvgIpc) is 3.39. The van der Waals surface area contributed by atoms with Crippen LogP contribution in [0.5, 0.6) is 5.75 Å². The molecule has 2 aromatic carbocycles. The van der Waals surface area contributed by atoms with Crippen LogP contribution in [0.15, 0.2) is 69.9 Å². The van der Waals surface area contributed by atoms with Gasteiger partial charge in [0.15, 0.2) is 9.84 Å². The molecule has 1 saturated heterocycles. The van der Waals surface area contributed by atoms with Crippen LogP contribution in [0.2, 0.25) is 0 Å². The minimum atomic E-state index is -4.78. The van der Waals surface area contributed by atoms with Gasteiger partial charge in [-0.3, -0.25) is 4.90 Å². The number of ether oxygens (including phenoxy) is 1. The third kappa shape index (κ3) is 8.00. The van der Waals surface area contributed by atoms with Crippen molar-refractivity contribution in [2.75, 3.05) is 32.5 Å². The molecule has 1 aliphatic rings. The summed E-state index contributed by atoms with van der Waals surface area (Å²) in [7, 11) is -3.43. The lowest BCUT2D eigenvalue weighted by Gasteiger charge is -2.26. The number of likely N-dealkylation sites (tertiary alicyclic amines) is 1. The van der Waals surface area contributed by atoms with Crippen molar-refractivity contribution in [3.63, 3.8) is 0 Å². The van der Waals surface area contributed by atoms with Gasteiger partial charge in [0, 0.05) is 24.1 Å². The maximum Gasteiger partial charge on any atom is 0.429 e. The van der Waals surface area contributed by atoms with E-state index in [9.17, 15) is 21.6 Å². The van der Waals surface area contributed by atoms with Crippen molar-refractivity contribution in [1.29, 1.82) is 5.41 Å². The van der Waals surface area contributed by atoms with Crippen LogP contribution in [-0.4, -0.2) is 63.4 Å². The van der Waals surface area contributed by atoms with Gasteiger partial charge >= 0.3 is 6.18 Å². The van der Waals surface area contributed by atoms with Gasteiger partial charge in [0.1, 0.15) is 23.8 Å². The zero-order chi connectivity index (χ0) is 28.0. The Bertz CT molecular complexity index is 1440. The molecule has 1 aromatic heterocycles. The number of nitrogens with zero attached hydrogens (tertiary/aromatic N) is 2. The van der Waals surface area contributed by atoms with Gasteiger partial charge in [0.2, 0.25) is 0 Å². The first-order valence-corrected chi connectivity index (χ1v) is 15.3. The summed E-state index contributed by atoms with van der Waals surface area (Å²) in [5.74, 6) is 0.461. The Hall–Kier alpha value is -3.02. The van der Waals surface area contributed by atoms with Crippen LogP contribution in [0.4, 0.5) is 18.9 Å². The summed E-state index contributed by atoms with van der Waals surface area (Å²) in [6.45, 7) is 3.24. The molecule has 39 heavy (non-hydrogen) atoms. The van der Waals surface area contributed by atoms with E-state index in [1.165, 1.54) is 29.9 Å². The van der Waals surface area contributed by atoms with Crippen molar-refractivity contribution >= 4 is 38.3 Å². The minimum absolute atomic E-state index is 0.0833. The molecule has 0 bridgehead atoms. The number of halogens is 3. The first kappa shape index (κ1) is 29.0. The van der Waals surface area contributed by atoms with Gasteiger partial charge < -0.3 is 10.1 Å². The number of nitrogens with one attached hydrogen (secondary N) is 1. The number of alkyl halides is 3. The van der Waals surface area contributed by atoms with Crippen molar-refractivity contribution in [3.8, 4) is 16.9 Å². The van der Waals surface area contributed by atoms with E-state index in [4.69, 9.17) is 10.1 Å². The summed E-state index contributed by atoms with van der Waals surface area (Å²) in [5, 5.41) is 9.37. The molecule has 6 nitrogen and oxygen atoms in total. The second-order valence-corrected chi connectivity index (χ2v) is 12.4. The highest BCUT2D eigenvalue weighted by molar-refractivity contribution is 7.90. The summed E-state index contributed by atoms with van der Waals surface area (Å²) >= 11 is 1.19. The molecule has 0 spiro atoms. The number of hydrogen-bond donors (Lipinski definition) is 1. The molecule has 0 saturated carbocycles. The number of sulfone groups is 1. The first-order valence-electron chi connectivity index (χ1n) is 12.6. The zero-order valence-electron chi connectivity index (χ0n) is 21.5. The molecule has 1 fully saturated rings. The number of piperidine rings is 1. The second-order valence-electron chi connectivity index (χ2n) is 9.43. The summed E-state index contributed by atoms with van der Waals surface area (Å²) in [5.41, 5.74) is 0.332. The van der Waals surface area contributed by atoms with Crippen LogP contribution in [-0.2, 0) is 9.84 Å². The number of benzene rings is 2. The first-order chi connectivity index (χ1) is 18.5. The molecule has 1 aliphatic heterocycles. The quantitative estimate of drug-likeness (QED) is 0.270. The van der Waals surface area contributed by atoms with Gasteiger partial charge in [0.05, 0.1) is 10.6 Å². The fraction of sp³-hybridized carbons (Fsp3) is 0.357. The molecule has 208 valence electrons. The summed E-state index contributed by atoms with van der Waals surface area (Å²) < 4.78 is 70.0. The van der Waals surface area contributed by atoms with Crippen LogP contribution < -0.4 is 4.74 Å². The van der Waals surface area contributed by atoms with Crippen molar-refractivity contribution in [2.24, 2.45) is 4.99 Å². The highest BCUT2D eigenvalue weighted by Crippen LogP contribution is 2.33. The number of aliphatic imine (C=N–C) groups is 1. The normalized spacial score (nSPS) is 15.3. The van der Waals surface area contributed by atoms with Crippen LogP contribution in [0.25, 0.3) is 11.1 Å². The number of hydrogen-bond acceptors (Lipinski definition) is 7. The lowest BCUT2D eigenvalue weighted by molar-refractivity contribution is -0.0605.